The lowest BCUT2D eigenvalue weighted by atomic mass is 10.2. The highest BCUT2D eigenvalue weighted by atomic mass is 16.5. The number of carbonyl (C=O) groups is 1. The largest absolute Gasteiger partial charge is 0.495 e. The summed E-state index contributed by atoms with van der Waals surface area (Å²) in [7, 11) is 1.60. The number of anilines is 1. The lowest BCUT2D eigenvalue weighted by Crippen LogP contribution is -2.49. The summed E-state index contributed by atoms with van der Waals surface area (Å²) < 4.78 is 7.48. The van der Waals surface area contributed by atoms with Crippen LogP contribution in [0.2, 0.25) is 0 Å². The van der Waals surface area contributed by atoms with E-state index in [-0.39, 0.29) is 6.03 Å². The Balaban J connectivity index is 1.29. The highest BCUT2D eigenvalue weighted by molar-refractivity contribution is 5.91. The lowest BCUT2D eigenvalue weighted by molar-refractivity contribution is 0.140. The van der Waals surface area contributed by atoms with E-state index in [0.717, 1.165) is 35.8 Å². The van der Waals surface area contributed by atoms with Crippen LogP contribution >= 0.6 is 0 Å². The topological polar surface area (TPSA) is 75.5 Å². The van der Waals surface area contributed by atoms with Crippen LogP contribution in [0.4, 0.5) is 10.5 Å². The number of amides is 2. The molecule has 0 radical (unpaired) electrons. The molecule has 0 unspecified atom stereocenters. The fraction of sp³-hybridized carbons (Fsp3) is 0.269. The van der Waals surface area contributed by atoms with Gasteiger partial charge in [0.05, 0.1) is 19.3 Å². The second kappa shape index (κ2) is 9.52. The van der Waals surface area contributed by atoms with E-state index in [1.54, 1.807) is 13.3 Å². The third-order valence-electron chi connectivity index (χ3n) is 6.12. The fourth-order valence-electron chi connectivity index (χ4n) is 4.35. The number of urea groups is 1. The van der Waals surface area contributed by atoms with Crippen molar-refractivity contribution in [1.82, 2.24) is 24.3 Å². The maximum absolute atomic E-state index is 12.8. The molecule has 2 aromatic heterocycles. The molecule has 8 nitrogen and oxygen atoms in total. The van der Waals surface area contributed by atoms with E-state index >= 15 is 0 Å². The molecule has 0 atom stereocenters. The number of aryl methyl sites for hydroxylation is 1. The zero-order valence-electron chi connectivity index (χ0n) is 19.4. The molecule has 0 aliphatic carbocycles. The molecule has 1 aliphatic rings. The van der Waals surface area contributed by atoms with Crippen molar-refractivity contribution in [2.75, 3.05) is 38.6 Å². The van der Waals surface area contributed by atoms with Crippen molar-refractivity contribution in [3.8, 4) is 11.4 Å². The molecule has 0 spiro atoms. The number of carbonyl (C=O) groups excluding carboxylic acids is 1. The highest BCUT2D eigenvalue weighted by Crippen LogP contribution is 2.24. The highest BCUT2D eigenvalue weighted by Gasteiger charge is 2.24. The van der Waals surface area contributed by atoms with Crippen LogP contribution in [0.1, 0.15) is 11.4 Å². The molecule has 2 aromatic carbocycles. The van der Waals surface area contributed by atoms with Gasteiger partial charge in [-0.3, -0.25) is 9.47 Å². The zero-order valence-corrected chi connectivity index (χ0v) is 19.4. The van der Waals surface area contributed by atoms with Gasteiger partial charge in [0.1, 0.15) is 17.1 Å². The van der Waals surface area contributed by atoms with Crippen LogP contribution in [0.3, 0.4) is 0 Å². The van der Waals surface area contributed by atoms with Gasteiger partial charge >= 0.3 is 6.03 Å². The van der Waals surface area contributed by atoms with Crippen LogP contribution in [0.5, 0.6) is 5.75 Å². The first-order valence-corrected chi connectivity index (χ1v) is 11.4. The Morgan fingerprint density at radius 3 is 2.65 bits per heavy atom. The van der Waals surface area contributed by atoms with Crippen LogP contribution in [-0.4, -0.2) is 63.7 Å². The van der Waals surface area contributed by atoms with Crippen LogP contribution in [0.15, 0.2) is 66.9 Å². The summed E-state index contributed by atoms with van der Waals surface area (Å²) >= 11 is 0. The number of methoxy groups -OCH3 is 1. The molecule has 34 heavy (non-hydrogen) atoms. The first kappa shape index (κ1) is 21.9. The van der Waals surface area contributed by atoms with Gasteiger partial charge < -0.3 is 15.0 Å². The number of piperazine rings is 1. The molecule has 1 fully saturated rings. The number of nitrogens with zero attached hydrogens (tertiary/aromatic N) is 5. The number of imidazole rings is 1. The van der Waals surface area contributed by atoms with E-state index in [0.29, 0.717) is 31.1 Å². The summed E-state index contributed by atoms with van der Waals surface area (Å²) in [6.07, 6.45) is 1.80. The van der Waals surface area contributed by atoms with Gasteiger partial charge in [-0.25, -0.2) is 14.8 Å². The van der Waals surface area contributed by atoms with Crippen molar-refractivity contribution in [2.24, 2.45) is 0 Å². The number of pyridine rings is 1. The smallest absolute Gasteiger partial charge is 0.322 e. The van der Waals surface area contributed by atoms with Crippen LogP contribution < -0.4 is 10.1 Å². The maximum atomic E-state index is 12.8. The van der Waals surface area contributed by atoms with Gasteiger partial charge in [-0.15, -0.1) is 0 Å². The van der Waals surface area contributed by atoms with Crippen LogP contribution in [0.25, 0.3) is 16.9 Å². The predicted molar refractivity (Wildman–Crippen MR) is 132 cm³/mol. The molecule has 0 saturated carbocycles. The Morgan fingerprint density at radius 2 is 1.85 bits per heavy atom. The molecule has 1 N–H and O–H groups in total. The Bertz CT molecular complexity index is 1310. The number of aromatic nitrogens is 3. The molecule has 3 heterocycles. The second-order valence-corrected chi connectivity index (χ2v) is 8.44. The van der Waals surface area contributed by atoms with Crippen molar-refractivity contribution < 1.29 is 9.53 Å². The summed E-state index contributed by atoms with van der Waals surface area (Å²) in [5, 5.41) is 2.97. The molecule has 0 bridgehead atoms. The molecular formula is C26H28N6O2. The minimum absolute atomic E-state index is 0.111. The van der Waals surface area contributed by atoms with Gasteiger partial charge in [0.2, 0.25) is 0 Å². The predicted octanol–water partition coefficient (Wildman–Crippen LogP) is 4.09. The van der Waals surface area contributed by atoms with Crippen LogP contribution in [0, 0.1) is 6.92 Å². The van der Waals surface area contributed by atoms with Crippen LogP contribution in [-0.2, 0) is 6.54 Å². The van der Waals surface area contributed by atoms with Crippen molar-refractivity contribution in [3.05, 3.63) is 78.2 Å². The minimum atomic E-state index is -0.111. The maximum Gasteiger partial charge on any atom is 0.322 e. The standard InChI is InChI=1S/C26H28N6O2/c1-19-7-5-8-20(17-19)32-24(28-22-10-6-12-27-25(22)32)18-30-13-15-31(16-14-30)26(33)29-21-9-3-4-11-23(21)34-2/h3-12,17H,13-16,18H2,1-2H3,(H,29,33). The number of rotatable bonds is 5. The van der Waals surface area contributed by atoms with E-state index in [1.807, 2.05) is 41.3 Å². The summed E-state index contributed by atoms with van der Waals surface area (Å²) in [6.45, 7) is 5.60. The molecule has 1 aliphatic heterocycles. The van der Waals surface area contributed by atoms with Gasteiger partial charge in [-0.05, 0) is 48.9 Å². The first-order chi connectivity index (χ1) is 16.6. The molecule has 8 heteroatoms. The number of ether oxygens (including phenoxy) is 1. The van der Waals surface area contributed by atoms with E-state index in [4.69, 9.17) is 9.72 Å². The fourth-order valence-corrected chi connectivity index (χ4v) is 4.35. The minimum Gasteiger partial charge on any atom is -0.495 e. The van der Waals surface area contributed by atoms with Crippen molar-refractivity contribution in [3.63, 3.8) is 0 Å². The normalized spacial score (nSPS) is 14.4. The lowest BCUT2D eigenvalue weighted by Gasteiger charge is -2.34. The summed E-state index contributed by atoms with van der Waals surface area (Å²) in [4.78, 5) is 26.5. The van der Waals surface area contributed by atoms with Gasteiger partial charge in [-0.2, -0.15) is 0 Å². The van der Waals surface area contributed by atoms with Gasteiger partial charge in [0.25, 0.3) is 0 Å². The van der Waals surface area contributed by atoms with Gasteiger partial charge in [0, 0.05) is 38.1 Å². The summed E-state index contributed by atoms with van der Waals surface area (Å²) in [5.41, 5.74) is 4.67. The Morgan fingerprint density at radius 1 is 1.03 bits per heavy atom. The van der Waals surface area contributed by atoms with Crippen molar-refractivity contribution in [1.29, 1.82) is 0 Å². The van der Waals surface area contributed by atoms with E-state index in [2.05, 4.69) is 51.0 Å². The number of para-hydroxylation sites is 2. The third kappa shape index (κ3) is 4.45. The first-order valence-electron chi connectivity index (χ1n) is 11.4. The van der Waals surface area contributed by atoms with E-state index < -0.39 is 0 Å². The van der Waals surface area contributed by atoms with Gasteiger partial charge in [0.15, 0.2) is 5.65 Å². The average Bonchev–Trinajstić information content (AvgIpc) is 3.22. The third-order valence-corrected chi connectivity index (χ3v) is 6.12. The SMILES string of the molecule is COc1ccccc1NC(=O)N1CCN(Cc2nc3cccnc3n2-c2cccc(C)c2)CC1. The molecule has 5 rings (SSSR count). The second-order valence-electron chi connectivity index (χ2n) is 8.44. The van der Waals surface area contributed by atoms with E-state index in [9.17, 15) is 4.79 Å². The Hall–Kier alpha value is -3.91. The molecule has 4 aromatic rings. The summed E-state index contributed by atoms with van der Waals surface area (Å²) in [5.74, 6) is 1.60. The summed E-state index contributed by atoms with van der Waals surface area (Å²) in [6, 6.07) is 19.6. The Kier molecular flexibility index (Phi) is 6.14. The average molecular weight is 457 g/mol. The molecular weight excluding hydrogens is 428 g/mol. The number of nitrogens with one attached hydrogen (secondary N) is 1. The number of benzene rings is 2. The number of fused-ring (bicyclic) bond motifs is 1. The number of hydrogen-bond donors (Lipinski definition) is 1. The molecule has 174 valence electrons. The monoisotopic (exact) mass is 456 g/mol. The zero-order chi connectivity index (χ0) is 23.5. The van der Waals surface area contributed by atoms with Crippen molar-refractivity contribution in [2.45, 2.75) is 13.5 Å². The van der Waals surface area contributed by atoms with Gasteiger partial charge in [-0.1, -0.05) is 24.3 Å². The number of hydrogen-bond acceptors (Lipinski definition) is 5. The molecule has 1 saturated heterocycles. The molecule has 2 amide bonds. The van der Waals surface area contributed by atoms with E-state index in [1.165, 1.54) is 5.56 Å². The Labute approximate surface area is 198 Å². The quantitative estimate of drug-likeness (QED) is 0.490. The van der Waals surface area contributed by atoms with Crippen molar-refractivity contribution >= 4 is 22.9 Å².